The molecule has 0 aromatic carbocycles. The van der Waals surface area contributed by atoms with Gasteiger partial charge in [0.25, 0.3) is 0 Å². The Morgan fingerprint density at radius 1 is 1.21 bits per heavy atom. The van der Waals surface area contributed by atoms with Crippen LogP contribution in [0.2, 0.25) is 0 Å². The zero-order chi connectivity index (χ0) is 13.1. The molecule has 2 fully saturated rings. The monoisotopic (exact) mass is 262 g/mol. The van der Waals surface area contributed by atoms with E-state index in [2.05, 4.69) is 9.97 Å². The van der Waals surface area contributed by atoms with Crippen molar-refractivity contribution in [3.8, 4) is 0 Å². The predicted molar refractivity (Wildman–Crippen MR) is 67.8 cm³/mol. The van der Waals surface area contributed by atoms with Gasteiger partial charge in [0.1, 0.15) is 0 Å². The van der Waals surface area contributed by atoms with Gasteiger partial charge in [-0.2, -0.15) is 0 Å². The van der Waals surface area contributed by atoms with Gasteiger partial charge in [-0.15, -0.1) is 0 Å². The van der Waals surface area contributed by atoms with Gasteiger partial charge in [-0.3, -0.25) is 4.79 Å². The van der Waals surface area contributed by atoms with Gasteiger partial charge in [0.2, 0.25) is 5.78 Å². The van der Waals surface area contributed by atoms with Crippen molar-refractivity contribution in [2.75, 3.05) is 19.8 Å². The van der Waals surface area contributed by atoms with E-state index < -0.39 is 0 Å². The van der Waals surface area contributed by atoms with Crippen LogP contribution in [0.15, 0.2) is 18.5 Å². The number of ether oxygens (including phenoxy) is 2. The molecular formula is C14H18N2O3. The molecule has 0 aliphatic carbocycles. The summed E-state index contributed by atoms with van der Waals surface area (Å²) in [5.74, 6) is 0.362. The Labute approximate surface area is 112 Å². The second-order valence-corrected chi connectivity index (χ2v) is 5.27. The summed E-state index contributed by atoms with van der Waals surface area (Å²) in [7, 11) is 0. The Hall–Kier alpha value is -1.33. The van der Waals surface area contributed by atoms with Gasteiger partial charge >= 0.3 is 0 Å². The van der Waals surface area contributed by atoms with E-state index in [9.17, 15) is 4.79 Å². The fourth-order valence-corrected chi connectivity index (χ4v) is 2.95. The molecular weight excluding hydrogens is 244 g/mol. The zero-order valence-corrected chi connectivity index (χ0v) is 10.9. The smallest absolute Gasteiger partial charge is 0.203 e. The van der Waals surface area contributed by atoms with Crippen molar-refractivity contribution in [1.82, 2.24) is 9.97 Å². The molecule has 1 unspecified atom stereocenters. The van der Waals surface area contributed by atoms with Gasteiger partial charge in [-0.05, 0) is 31.7 Å². The van der Waals surface area contributed by atoms with E-state index in [0.717, 1.165) is 38.9 Å². The van der Waals surface area contributed by atoms with E-state index in [-0.39, 0.29) is 17.3 Å². The SMILES string of the molecule is O=C(c1ncccn1)C1CCOC2(CCOCC2)C1. The topological polar surface area (TPSA) is 61.3 Å². The van der Waals surface area contributed by atoms with E-state index in [1.807, 2.05) is 0 Å². The molecule has 0 radical (unpaired) electrons. The Morgan fingerprint density at radius 3 is 2.68 bits per heavy atom. The molecule has 2 aliphatic heterocycles. The first-order valence-electron chi connectivity index (χ1n) is 6.82. The third kappa shape index (κ3) is 2.67. The lowest BCUT2D eigenvalue weighted by Crippen LogP contribution is -2.46. The van der Waals surface area contributed by atoms with Crippen molar-refractivity contribution in [1.29, 1.82) is 0 Å². The molecule has 3 heterocycles. The van der Waals surface area contributed by atoms with Gasteiger partial charge in [0.05, 0.1) is 5.60 Å². The first-order valence-corrected chi connectivity index (χ1v) is 6.82. The Kier molecular flexibility index (Phi) is 3.57. The van der Waals surface area contributed by atoms with Crippen LogP contribution in [0.25, 0.3) is 0 Å². The second-order valence-electron chi connectivity index (χ2n) is 5.27. The highest BCUT2D eigenvalue weighted by molar-refractivity contribution is 5.94. The van der Waals surface area contributed by atoms with Crippen LogP contribution in [0.5, 0.6) is 0 Å². The van der Waals surface area contributed by atoms with Gasteiger partial charge < -0.3 is 9.47 Å². The van der Waals surface area contributed by atoms with Crippen LogP contribution in [-0.2, 0) is 9.47 Å². The van der Waals surface area contributed by atoms with Crippen molar-refractivity contribution < 1.29 is 14.3 Å². The van der Waals surface area contributed by atoms with E-state index in [0.29, 0.717) is 12.4 Å². The summed E-state index contributed by atoms with van der Waals surface area (Å²) in [6.45, 7) is 2.09. The average molecular weight is 262 g/mol. The van der Waals surface area contributed by atoms with Crippen LogP contribution in [0, 0.1) is 5.92 Å². The average Bonchev–Trinajstić information content (AvgIpc) is 2.48. The number of Topliss-reactive ketones (excluding diaryl/α,β-unsaturated/α-hetero) is 1. The van der Waals surface area contributed by atoms with E-state index in [1.54, 1.807) is 18.5 Å². The molecule has 0 saturated carbocycles. The Balaban J connectivity index is 1.73. The normalized spacial score (nSPS) is 26.2. The highest BCUT2D eigenvalue weighted by atomic mass is 16.5. The van der Waals surface area contributed by atoms with Crippen molar-refractivity contribution in [2.24, 2.45) is 5.92 Å². The molecule has 1 atom stereocenters. The maximum Gasteiger partial charge on any atom is 0.203 e. The van der Waals surface area contributed by atoms with Crippen molar-refractivity contribution in [3.63, 3.8) is 0 Å². The van der Waals surface area contributed by atoms with Crippen LogP contribution >= 0.6 is 0 Å². The molecule has 5 heteroatoms. The molecule has 3 rings (SSSR count). The fraction of sp³-hybridized carbons (Fsp3) is 0.643. The predicted octanol–water partition coefficient (Wildman–Crippen LogP) is 1.64. The lowest BCUT2D eigenvalue weighted by atomic mass is 9.79. The summed E-state index contributed by atoms with van der Waals surface area (Å²) in [4.78, 5) is 20.5. The van der Waals surface area contributed by atoms with Gasteiger partial charge in [-0.25, -0.2) is 9.97 Å². The van der Waals surface area contributed by atoms with Crippen molar-refractivity contribution in [2.45, 2.75) is 31.3 Å². The first kappa shape index (κ1) is 12.7. The standard InChI is InChI=1S/C14H18N2O3/c17-12(13-15-5-1-6-16-13)11-2-7-19-14(10-11)3-8-18-9-4-14/h1,5-6,11H,2-4,7-10H2. The minimum Gasteiger partial charge on any atom is -0.381 e. The number of aromatic nitrogens is 2. The number of carbonyl (C=O) groups is 1. The number of rotatable bonds is 2. The van der Waals surface area contributed by atoms with E-state index in [4.69, 9.17) is 9.47 Å². The van der Waals surface area contributed by atoms with Gasteiger partial charge in [0.15, 0.2) is 5.82 Å². The summed E-state index contributed by atoms with van der Waals surface area (Å²) in [6.07, 6.45) is 6.53. The highest BCUT2D eigenvalue weighted by Crippen LogP contribution is 2.37. The maximum atomic E-state index is 12.4. The summed E-state index contributed by atoms with van der Waals surface area (Å²) >= 11 is 0. The number of hydrogen-bond donors (Lipinski definition) is 0. The van der Waals surface area contributed by atoms with Crippen LogP contribution in [0.4, 0.5) is 0 Å². The van der Waals surface area contributed by atoms with Crippen molar-refractivity contribution >= 4 is 5.78 Å². The summed E-state index contributed by atoms with van der Waals surface area (Å²) in [6, 6.07) is 1.72. The van der Waals surface area contributed by atoms with Crippen molar-refractivity contribution in [3.05, 3.63) is 24.3 Å². The molecule has 1 aromatic rings. The molecule has 2 aliphatic rings. The minimum absolute atomic E-state index is 0.0192. The fourth-order valence-electron chi connectivity index (χ4n) is 2.95. The largest absolute Gasteiger partial charge is 0.381 e. The van der Waals surface area contributed by atoms with Gasteiger partial charge in [-0.1, -0.05) is 0 Å². The third-order valence-electron chi connectivity index (χ3n) is 4.05. The third-order valence-corrected chi connectivity index (χ3v) is 4.05. The number of nitrogens with zero attached hydrogens (tertiary/aromatic N) is 2. The highest BCUT2D eigenvalue weighted by Gasteiger charge is 2.41. The maximum absolute atomic E-state index is 12.4. The van der Waals surface area contributed by atoms with Crippen LogP contribution in [0.1, 0.15) is 36.3 Å². The zero-order valence-electron chi connectivity index (χ0n) is 10.9. The summed E-state index contributed by atoms with van der Waals surface area (Å²) < 4.78 is 11.3. The molecule has 0 amide bonds. The van der Waals surface area contributed by atoms with E-state index >= 15 is 0 Å². The molecule has 1 aromatic heterocycles. The van der Waals surface area contributed by atoms with E-state index in [1.165, 1.54) is 0 Å². The molecule has 0 N–H and O–H groups in total. The first-order chi connectivity index (χ1) is 9.29. The second kappa shape index (κ2) is 5.35. The van der Waals surface area contributed by atoms with Crippen LogP contribution in [0.3, 0.4) is 0 Å². The number of carbonyl (C=O) groups excluding carboxylic acids is 1. The number of ketones is 1. The van der Waals surface area contributed by atoms with Crippen LogP contribution < -0.4 is 0 Å². The molecule has 102 valence electrons. The Bertz CT molecular complexity index is 438. The lowest BCUT2D eigenvalue weighted by Gasteiger charge is -2.42. The number of hydrogen-bond acceptors (Lipinski definition) is 5. The lowest BCUT2D eigenvalue weighted by molar-refractivity contribution is -0.142. The quantitative estimate of drug-likeness (QED) is 0.758. The summed E-state index contributed by atoms with van der Waals surface area (Å²) in [5, 5.41) is 0. The molecule has 19 heavy (non-hydrogen) atoms. The molecule has 2 saturated heterocycles. The van der Waals surface area contributed by atoms with Gasteiger partial charge in [0, 0.05) is 38.1 Å². The molecule has 1 spiro atoms. The minimum atomic E-state index is -0.161. The Morgan fingerprint density at radius 2 is 1.95 bits per heavy atom. The molecule has 0 bridgehead atoms. The van der Waals surface area contributed by atoms with Crippen LogP contribution in [-0.4, -0.2) is 41.2 Å². The summed E-state index contributed by atoms with van der Waals surface area (Å²) in [5.41, 5.74) is -0.161. The molecule has 5 nitrogen and oxygen atoms in total.